The number of amides is 1. The van der Waals surface area contributed by atoms with E-state index in [0.29, 0.717) is 35.1 Å². The number of ether oxygens (including phenoxy) is 3. The molecular formula is C38H33F2N3O4. The van der Waals surface area contributed by atoms with Crippen molar-refractivity contribution >= 4 is 16.8 Å². The largest absolute Gasteiger partial charge is 0.497 e. The zero-order valence-corrected chi connectivity index (χ0v) is 25.9. The lowest BCUT2D eigenvalue weighted by Gasteiger charge is -2.21. The average Bonchev–Trinajstić information content (AvgIpc) is 3.48. The van der Waals surface area contributed by atoms with Crippen molar-refractivity contribution in [1.29, 1.82) is 0 Å². The number of aromatic amines is 1. The lowest BCUT2D eigenvalue weighted by molar-refractivity contribution is -0.120. The Morgan fingerprint density at radius 1 is 0.872 bits per heavy atom. The first kappa shape index (κ1) is 31.3. The molecule has 2 aromatic heterocycles. The van der Waals surface area contributed by atoms with Crippen molar-refractivity contribution in [2.45, 2.75) is 18.9 Å². The van der Waals surface area contributed by atoms with Crippen molar-refractivity contribution in [3.8, 4) is 28.4 Å². The van der Waals surface area contributed by atoms with Gasteiger partial charge in [0, 0.05) is 53.5 Å². The van der Waals surface area contributed by atoms with Crippen LogP contribution in [0.5, 0.6) is 17.2 Å². The van der Waals surface area contributed by atoms with Gasteiger partial charge in [0.1, 0.15) is 24.0 Å². The molecule has 0 saturated carbocycles. The van der Waals surface area contributed by atoms with Gasteiger partial charge in [0.05, 0.1) is 26.3 Å². The molecule has 1 atom stereocenters. The van der Waals surface area contributed by atoms with Gasteiger partial charge in [0.15, 0.2) is 11.5 Å². The number of carbonyl (C=O) groups is 1. The normalized spacial score (nSPS) is 11.7. The first-order chi connectivity index (χ1) is 22.9. The average molecular weight is 634 g/mol. The number of halogens is 2. The topological polar surface area (TPSA) is 85.5 Å². The molecule has 0 bridgehead atoms. The molecule has 6 rings (SSSR count). The number of methoxy groups -OCH3 is 2. The summed E-state index contributed by atoms with van der Waals surface area (Å²) in [4.78, 5) is 21.3. The van der Waals surface area contributed by atoms with Crippen LogP contribution in [-0.2, 0) is 17.8 Å². The zero-order chi connectivity index (χ0) is 32.8. The third kappa shape index (κ3) is 7.25. The number of hydrogen-bond donors (Lipinski definition) is 2. The molecule has 7 nitrogen and oxygen atoms in total. The van der Waals surface area contributed by atoms with Gasteiger partial charge in [-0.3, -0.25) is 9.78 Å². The van der Waals surface area contributed by atoms with Crippen LogP contribution in [0.1, 0.15) is 28.3 Å². The minimum atomic E-state index is -0.710. The number of pyridine rings is 1. The summed E-state index contributed by atoms with van der Waals surface area (Å²) in [5.74, 6) is -0.514. The number of benzene rings is 4. The van der Waals surface area contributed by atoms with E-state index in [0.717, 1.165) is 39.2 Å². The van der Waals surface area contributed by atoms with Crippen molar-refractivity contribution in [2.75, 3.05) is 20.8 Å². The Labute approximate surface area is 271 Å². The smallest absolute Gasteiger partial charge is 0.224 e. The highest BCUT2D eigenvalue weighted by Gasteiger charge is 2.23. The van der Waals surface area contributed by atoms with Gasteiger partial charge >= 0.3 is 0 Å². The molecule has 0 spiro atoms. The van der Waals surface area contributed by atoms with Gasteiger partial charge < -0.3 is 24.5 Å². The predicted molar refractivity (Wildman–Crippen MR) is 177 cm³/mol. The number of hydrogen-bond acceptors (Lipinski definition) is 5. The molecule has 1 unspecified atom stereocenters. The summed E-state index contributed by atoms with van der Waals surface area (Å²) in [6.45, 7) is 0.417. The fourth-order valence-electron chi connectivity index (χ4n) is 5.65. The van der Waals surface area contributed by atoms with Crippen LogP contribution in [0.4, 0.5) is 8.78 Å². The van der Waals surface area contributed by atoms with E-state index in [1.54, 1.807) is 32.7 Å². The summed E-state index contributed by atoms with van der Waals surface area (Å²) >= 11 is 0. The van der Waals surface area contributed by atoms with Crippen molar-refractivity contribution in [2.24, 2.45) is 0 Å². The first-order valence-corrected chi connectivity index (χ1v) is 15.1. The van der Waals surface area contributed by atoms with Crippen LogP contribution < -0.4 is 19.5 Å². The molecule has 9 heteroatoms. The maximum Gasteiger partial charge on any atom is 0.224 e. The van der Waals surface area contributed by atoms with E-state index in [-0.39, 0.29) is 18.9 Å². The summed E-state index contributed by atoms with van der Waals surface area (Å²) in [5, 5.41) is 3.81. The minimum absolute atomic E-state index is 0.0578. The lowest BCUT2D eigenvalue weighted by atomic mass is 9.89. The molecule has 0 aliphatic carbocycles. The molecule has 0 aliphatic rings. The maximum absolute atomic E-state index is 14.5. The van der Waals surface area contributed by atoms with Crippen LogP contribution in [0.25, 0.3) is 22.0 Å². The second kappa shape index (κ2) is 14.2. The fraction of sp³-hybridized carbons (Fsp3) is 0.158. The monoisotopic (exact) mass is 633 g/mol. The number of rotatable bonds is 12. The highest BCUT2D eigenvalue weighted by molar-refractivity contribution is 5.91. The highest BCUT2D eigenvalue weighted by atomic mass is 19.1. The van der Waals surface area contributed by atoms with Gasteiger partial charge in [0.2, 0.25) is 5.91 Å². The van der Waals surface area contributed by atoms with Crippen LogP contribution in [0, 0.1) is 11.6 Å². The zero-order valence-electron chi connectivity index (χ0n) is 25.9. The van der Waals surface area contributed by atoms with Gasteiger partial charge in [-0.15, -0.1) is 0 Å². The number of nitrogens with one attached hydrogen (secondary N) is 2. The molecule has 2 N–H and O–H groups in total. The van der Waals surface area contributed by atoms with Crippen LogP contribution in [0.3, 0.4) is 0 Å². The van der Waals surface area contributed by atoms with Crippen molar-refractivity contribution in [3.63, 3.8) is 0 Å². The Morgan fingerprint density at radius 3 is 2.36 bits per heavy atom. The molecule has 47 heavy (non-hydrogen) atoms. The van der Waals surface area contributed by atoms with E-state index >= 15 is 0 Å². The highest BCUT2D eigenvalue weighted by Crippen LogP contribution is 2.35. The second-order valence-electron chi connectivity index (χ2n) is 11.0. The van der Waals surface area contributed by atoms with E-state index in [4.69, 9.17) is 14.2 Å². The molecule has 0 radical (unpaired) electrons. The quantitative estimate of drug-likeness (QED) is 0.145. The molecule has 6 aromatic rings. The third-order valence-electron chi connectivity index (χ3n) is 8.00. The summed E-state index contributed by atoms with van der Waals surface area (Å²) in [7, 11) is 3.17. The molecule has 0 saturated heterocycles. The Balaban J connectivity index is 1.25. The maximum atomic E-state index is 14.5. The molecule has 1 amide bonds. The SMILES string of the molecule is COc1ccc(-c2cccnc2C(CNC(=O)Cc2c[nH]c3cc(OC)c(OCc4ccccc4)cc23)c2cc(F)cc(F)c2)cc1. The molecule has 238 valence electrons. The second-order valence-corrected chi connectivity index (χ2v) is 11.0. The molecule has 4 aromatic carbocycles. The van der Waals surface area contributed by atoms with Gasteiger partial charge in [0.25, 0.3) is 0 Å². The van der Waals surface area contributed by atoms with E-state index in [2.05, 4.69) is 15.3 Å². The molecular weight excluding hydrogens is 600 g/mol. The Kier molecular flexibility index (Phi) is 9.43. The van der Waals surface area contributed by atoms with Gasteiger partial charge in [-0.25, -0.2) is 8.78 Å². The number of fused-ring (bicyclic) bond motifs is 1. The Bertz CT molecular complexity index is 1970. The van der Waals surface area contributed by atoms with Crippen LogP contribution in [0.2, 0.25) is 0 Å². The van der Waals surface area contributed by atoms with Crippen LogP contribution >= 0.6 is 0 Å². The third-order valence-corrected chi connectivity index (χ3v) is 8.00. The van der Waals surface area contributed by atoms with Crippen molar-refractivity contribution in [3.05, 3.63) is 143 Å². The van der Waals surface area contributed by atoms with Gasteiger partial charge in [-0.2, -0.15) is 0 Å². The van der Waals surface area contributed by atoms with E-state index in [9.17, 15) is 13.6 Å². The van der Waals surface area contributed by atoms with Crippen molar-refractivity contribution < 1.29 is 27.8 Å². The first-order valence-electron chi connectivity index (χ1n) is 15.1. The Morgan fingerprint density at radius 2 is 1.64 bits per heavy atom. The number of carbonyl (C=O) groups excluding carboxylic acids is 1. The summed E-state index contributed by atoms with van der Waals surface area (Å²) < 4.78 is 45.9. The number of nitrogens with zero attached hydrogens (tertiary/aromatic N) is 1. The van der Waals surface area contributed by atoms with Crippen LogP contribution in [0.15, 0.2) is 109 Å². The molecule has 2 heterocycles. The fourth-order valence-corrected chi connectivity index (χ4v) is 5.65. The van der Waals surface area contributed by atoms with Gasteiger partial charge in [-0.05, 0) is 58.7 Å². The predicted octanol–water partition coefficient (Wildman–Crippen LogP) is 7.60. The summed E-state index contributed by atoms with van der Waals surface area (Å²) in [6.07, 6.45) is 3.47. The van der Waals surface area contributed by atoms with Crippen molar-refractivity contribution in [1.82, 2.24) is 15.3 Å². The molecule has 0 aliphatic heterocycles. The Hall–Kier alpha value is -5.70. The van der Waals surface area contributed by atoms with E-state index in [1.807, 2.05) is 72.8 Å². The van der Waals surface area contributed by atoms with E-state index in [1.165, 1.54) is 12.1 Å². The lowest BCUT2D eigenvalue weighted by Crippen LogP contribution is -2.30. The molecule has 0 fully saturated rings. The minimum Gasteiger partial charge on any atom is -0.497 e. The summed E-state index contributed by atoms with van der Waals surface area (Å²) in [6, 6.07) is 28.0. The van der Waals surface area contributed by atoms with Crippen LogP contribution in [-0.4, -0.2) is 36.6 Å². The van der Waals surface area contributed by atoms with Gasteiger partial charge in [-0.1, -0.05) is 48.5 Å². The number of aromatic nitrogens is 2. The van der Waals surface area contributed by atoms with E-state index < -0.39 is 17.6 Å². The summed E-state index contributed by atoms with van der Waals surface area (Å²) in [5.41, 5.74) is 5.11. The standard InChI is InChI=1S/C38H33F2N3O4/c1-45-30-12-10-25(11-13-30)31-9-6-14-41-38(31)33(26-15-28(39)18-29(40)16-26)22-43-37(44)17-27-21-42-34-20-35(46-2)36(19-32(27)34)47-23-24-7-4-3-5-8-24/h3-16,18-21,33,42H,17,22-23H2,1-2H3,(H,43,44). The number of H-pyrrole nitrogens is 1.